The van der Waals surface area contributed by atoms with E-state index in [0.29, 0.717) is 5.82 Å². The largest absolute Gasteiger partial charge is 0.361 e. The number of fused-ring (bicyclic) bond motifs is 1. The van der Waals surface area contributed by atoms with Crippen molar-refractivity contribution in [2.75, 3.05) is 5.32 Å². The van der Waals surface area contributed by atoms with Crippen molar-refractivity contribution in [2.24, 2.45) is 7.05 Å². The molecule has 3 rings (SSSR count). The van der Waals surface area contributed by atoms with Gasteiger partial charge in [0.25, 0.3) is 5.56 Å². The van der Waals surface area contributed by atoms with Gasteiger partial charge in [-0.3, -0.25) is 4.79 Å². The predicted octanol–water partition coefficient (Wildman–Crippen LogP) is 2.01. The molecule has 90 valence electrons. The van der Waals surface area contributed by atoms with Crippen LogP contribution in [0.3, 0.4) is 0 Å². The van der Waals surface area contributed by atoms with Crippen LogP contribution in [0.5, 0.6) is 0 Å². The summed E-state index contributed by atoms with van der Waals surface area (Å²) in [6.07, 6.45) is 5.11. The first-order valence-electron chi connectivity index (χ1n) is 5.60. The summed E-state index contributed by atoms with van der Waals surface area (Å²) < 4.78 is 1.49. The average molecular weight is 240 g/mol. The zero-order valence-electron chi connectivity index (χ0n) is 9.84. The van der Waals surface area contributed by atoms with Crippen LogP contribution in [0.25, 0.3) is 10.9 Å². The molecule has 0 bridgehead atoms. The minimum absolute atomic E-state index is 0.147. The van der Waals surface area contributed by atoms with Crippen molar-refractivity contribution in [2.45, 2.75) is 0 Å². The van der Waals surface area contributed by atoms with Crippen LogP contribution in [-0.2, 0) is 7.05 Å². The number of benzene rings is 1. The van der Waals surface area contributed by atoms with Crippen molar-refractivity contribution in [3.63, 3.8) is 0 Å². The van der Waals surface area contributed by atoms with E-state index in [4.69, 9.17) is 0 Å². The first-order chi connectivity index (χ1) is 8.74. The van der Waals surface area contributed by atoms with Gasteiger partial charge in [-0.15, -0.1) is 0 Å². The van der Waals surface area contributed by atoms with Crippen molar-refractivity contribution in [1.29, 1.82) is 0 Å². The highest BCUT2D eigenvalue weighted by molar-refractivity contribution is 5.83. The molecule has 2 heterocycles. The molecule has 0 atom stereocenters. The van der Waals surface area contributed by atoms with Crippen LogP contribution in [0.15, 0.2) is 47.7 Å². The van der Waals surface area contributed by atoms with Gasteiger partial charge in [-0.05, 0) is 24.3 Å². The third-order valence-electron chi connectivity index (χ3n) is 2.83. The molecule has 0 radical (unpaired) electrons. The fourth-order valence-electron chi connectivity index (χ4n) is 1.85. The molecular formula is C13H12N4O. The second kappa shape index (κ2) is 4.03. The van der Waals surface area contributed by atoms with E-state index in [9.17, 15) is 4.79 Å². The van der Waals surface area contributed by atoms with Gasteiger partial charge in [-0.2, -0.15) is 0 Å². The molecular weight excluding hydrogens is 228 g/mol. The van der Waals surface area contributed by atoms with E-state index in [0.717, 1.165) is 16.6 Å². The summed E-state index contributed by atoms with van der Waals surface area (Å²) in [4.78, 5) is 19.0. The van der Waals surface area contributed by atoms with Crippen LogP contribution in [0.4, 0.5) is 11.5 Å². The predicted molar refractivity (Wildman–Crippen MR) is 71.1 cm³/mol. The van der Waals surface area contributed by atoms with E-state index in [2.05, 4.69) is 15.3 Å². The van der Waals surface area contributed by atoms with Gasteiger partial charge >= 0.3 is 0 Å². The van der Waals surface area contributed by atoms with E-state index in [1.54, 1.807) is 19.4 Å². The first kappa shape index (κ1) is 10.6. The number of nitrogens with one attached hydrogen (secondary N) is 2. The van der Waals surface area contributed by atoms with Crippen LogP contribution in [0.1, 0.15) is 0 Å². The molecule has 2 N–H and O–H groups in total. The van der Waals surface area contributed by atoms with Gasteiger partial charge in [0.2, 0.25) is 0 Å². The quantitative estimate of drug-likeness (QED) is 0.720. The smallest absolute Gasteiger partial charge is 0.293 e. The summed E-state index contributed by atoms with van der Waals surface area (Å²) in [7, 11) is 1.70. The summed E-state index contributed by atoms with van der Waals surface area (Å²) in [6.45, 7) is 0. The number of H-pyrrole nitrogens is 1. The Kier molecular flexibility index (Phi) is 2.37. The lowest BCUT2D eigenvalue weighted by Crippen LogP contribution is -2.20. The molecule has 0 saturated heterocycles. The summed E-state index contributed by atoms with van der Waals surface area (Å²) in [6, 6.07) is 7.83. The fraction of sp³-hybridized carbons (Fsp3) is 0.0769. The fourth-order valence-corrected chi connectivity index (χ4v) is 1.85. The maximum atomic E-state index is 11.8. The Hall–Kier alpha value is -2.56. The number of aromatic amines is 1. The summed E-state index contributed by atoms with van der Waals surface area (Å²) in [5.41, 5.74) is 1.76. The molecule has 0 aliphatic carbocycles. The Morgan fingerprint density at radius 3 is 3.11 bits per heavy atom. The average Bonchev–Trinajstić information content (AvgIpc) is 2.82. The van der Waals surface area contributed by atoms with E-state index < -0.39 is 0 Å². The number of hydrogen-bond donors (Lipinski definition) is 2. The Balaban J connectivity index is 2.00. The van der Waals surface area contributed by atoms with Gasteiger partial charge in [-0.1, -0.05) is 0 Å². The lowest BCUT2D eigenvalue weighted by molar-refractivity contribution is 0.845. The van der Waals surface area contributed by atoms with Gasteiger partial charge in [0, 0.05) is 42.2 Å². The Morgan fingerprint density at radius 1 is 1.33 bits per heavy atom. The zero-order valence-corrected chi connectivity index (χ0v) is 9.84. The second-order valence-corrected chi connectivity index (χ2v) is 4.10. The van der Waals surface area contributed by atoms with Crippen LogP contribution in [0, 0.1) is 0 Å². The molecule has 5 nitrogen and oxygen atoms in total. The number of aryl methyl sites for hydroxylation is 1. The van der Waals surface area contributed by atoms with Crippen molar-refractivity contribution < 1.29 is 0 Å². The van der Waals surface area contributed by atoms with Gasteiger partial charge in [0.05, 0.1) is 0 Å². The monoisotopic (exact) mass is 240 g/mol. The normalized spacial score (nSPS) is 10.7. The highest BCUT2D eigenvalue weighted by Crippen LogP contribution is 2.19. The molecule has 0 aliphatic rings. The van der Waals surface area contributed by atoms with Crippen molar-refractivity contribution in [3.05, 3.63) is 53.2 Å². The van der Waals surface area contributed by atoms with Crippen molar-refractivity contribution in [1.82, 2.24) is 14.5 Å². The van der Waals surface area contributed by atoms with Crippen LogP contribution in [-0.4, -0.2) is 14.5 Å². The number of rotatable bonds is 2. The van der Waals surface area contributed by atoms with Gasteiger partial charge in [-0.25, -0.2) is 4.98 Å². The molecule has 0 saturated carbocycles. The van der Waals surface area contributed by atoms with Gasteiger partial charge in [0.1, 0.15) is 0 Å². The molecule has 0 amide bonds. The third kappa shape index (κ3) is 1.75. The number of nitrogens with zero attached hydrogens (tertiary/aromatic N) is 2. The molecule has 5 heteroatoms. The lowest BCUT2D eigenvalue weighted by atomic mass is 10.2. The minimum Gasteiger partial charge on any atom is -0.361 e. The molecule has 0 spiro atoms. The highest BCUT2D eigenvalue weighted by atomic mass is 16.1. The lowest BCUT2D eigenvalue weighted by Gasteiger charge is -2.06. The van der Waals surface area contributed by atoms with Crippen molar-refractivity contribution in [3.8, 4) is 0 Å². The SMILES string of the molecule is Cn1ccnc(Nc2ccc3[nH]ccc3c2)c1=O. The van der Waals surface area contributed by atoms with E-state index in [1.165, 1.54) is 4.57 Å². The van der Waals surface area contributed by atoms with Crippen LogP contribution in [0.2, 0.25) is 0 Å². The maximum Gasteiger partial charge on any atom is 0.293 e. The molecule has 0 aliphatic heterocycles. The summed E-state index contributed by atoms with van der Waals surface area (Å²) >= 11 is 0. The van der Waals surface area contributed by atoms with E-state index in [-0.39, 0.29) is 5.56 Å². The Labute approximate surface area is 103 Å². The number of hydrogen-bond acceptors (Lipinski definition) is 3. The Morgan fingerprint density at radius 2 is 2.22 bits per heavy atom. The number of aromatic nitrogens is 3. The Bertz CT molecular complexity index is 757. The van der Waals surface area contributed by atoms with Crippen LogP contribution < -0.4 is 10.9 Å². The summed E-state index contributed by atoms with van der Waals surface area (Å²) in [5.74, 6) is 0.329. The highest BCUT2D eigenvalue weighted by Gasteiger charge is 2.03. The number of anilines is 2. The summed E-state index contributed by atoms with van der Waals surface area (Å²) in [5, 5.41) is 4.13. The maximum absolute atomic E-state index is 11.8. The second-order valence-electron chi connectivity index (χ2n) is 4.10. The van der Waals surface area contributed by atoms with Gasteiger partial charge < -0.3 is 14.9 Å². The molecule has 18 heavy (non-hydrogen) atoms. The molecule has 0 fully saturated rings. The van der Waals surface area contributed by atoms with E-state index in [1.807, 2.05) is 30.5 Å². The van der Waals surface area contributed by atoms with Crippen molar-refractivity contribution >= 4 is 22.4 Å². The molecule has 3 aromatic rings. The minimum atomic E-state index is -0.147. The topological polar surface area (TPSA) is 62.7 Å². The molecule has 2 aromatic heterocycles. The van der Waals surface area contributed by atoms with Crippen LogP contribution >= 0.6 is 0 Å². The standard InChI is InChI=1S/C13H12N4O/c1-17-7-6-15-12(13(17)18)16-10-2-3-11-9(8-10)4-5-14-11/h2-8,14H,1H3,(H,15,16). The molecule has 0 unspecified atom stereocenters. The molecule has 1 aromatic carbocycles. The third-order valence-corrected chi connectivity index (χ3v) is 2.83. The zero-order chi connectivity index (χ0) is 12.5. The first-order valence-corrected chi connectivity index (χ1v) is 5.60. The van der Waals surface area contributed by atoms with Gasteiger partial charge in [0.15, 0.2) is 5.82 Å². The van der Waals surface area contributed by atoms with E-state index >= 15 is 0 Å².